The maximum absolute atomic E-state index is 14.0. The van der Waals surface area contributed by atoms with Gasteiger partial charge in [-0.2, -0.15) is 0 Å². The minimum Gasteiger partial charge on any atom is -0.455 e. The number of nitrogens with one attached hydrogen (secondary N) is 3. The zero-order valence-electron chi connectivity index (χ0n) is 35.0. The number of pyridine rings is 1. The molecule has 330 valence electrons. The summed E-state index contributed by atoms with van der Waals surface area (Å²) in [5, 5.41) is 27.9. The molecule has 15 nitrogen and oxygen atoms in total. The molecule has 62 heavy (non-hydrogen) atoms. The van der Waals surface area contributed by atoms with Gasteiger partial charge in [0.05, 0.1) is 27.2 Å². The molecule has 2 aliphatic heterocycles. The number of carbonyl (C=O) groups excluding carboxylic acids is 1. The van der Waals surface area contributed by atoms with Crippen molar-refractivity contribution in [3.05, 3.63) is 111 Å². The highest BCUT2D eigenvalue weighted by atomic mass is 35.5. The van der Waals surface area contributed by atoms with Gasteiger partial charge in [-0.25, -0.2) is 18.1 Å². The third-order valence-electron chi connectivity index (χ3n) is 13.0. The molecule has 4 unspecified atom stereocenters. The topological polar surface area (TPSA) is 192 Å². The van der Waals surface area contributed by atoms with E-state index in [4.69, 9.17) is 21.1 Å². The molecule has 1 amide bonds. The van der Waals surface area contributed by atoms with Crippen LogP contribution in [0.15, 0.2) is 95.4 Å². The number of hydrogen-bond donors (Lipinski definition) is 4. The van der Waals surface area contributed by atoms with Crippen LogP contribution in [0.2, 0.25) is 5.02 Å². The van der Waals surface area contributed by atoms with Crippen molar-refractivity contribution in [2.24, 2.45) is 11.3 Å². The molecular weight excluding hydrogens is 834 g/mol. The monoisotopic (exact) mass is 887 g/mol. The van der Waals surface area contributed by atoms with Crippen molar-refractivity contribution in [1.82, 2.24) is 24.5 Å². The van der Waals surface area contributed by atoms with Gasteiger partial charge in [0.1, 0.15) is 22.8 Å². The second kappa shape index (κ2) is 18.1. The van der Waals surface area contributed by atoms with E-state index in [1.807, 2.05) is 31.2 Å². The molecule has 4 aromatic rings. The van der Waals surface area contributed by atoms with Crippen LogP contribution in [0.4, 0.5) is 11.4 Å². The number of fused-ring (bicyclic) bond motifs is 1. The van der Waals surface area contributed by atoms with Crippen LogP contribution >= 0.6 is 11.6 Å². The smallest absolute Gasteiger partial charge is 0.293 e. The van der Waals surface area contributed by atoms with Crippen LogP contribution in [0.1, 0.15) is 63.9 Å². The fourth-order valence-electron chi connectivity index (χ4n) is 9.82. The zero-order valence-corrected chi connectivity index (χ0v) is 36.6. The number of sulfonamides is 1. The maximum atomic E-state index is 14.0. The van der Waals surface area contributed by atoms with Crippen LogP contribution in [0.3, 0.4) is 0 Å². The number of aliphatic hydroxyl groups is 1. The number of hydrogen-bond acceptors (Lipinski definition) is 12. The van der Waals surface area contributed by atoms with Crippen LogP contribution < -0.4 is 14.8 Å². The first-order valence-electron chi connectivity index (χ1n) is 21.3. The number of carbonyl (C=O) groups is 1. The summed E-state index contributed by atoms with van der Waals surface area (Å²) in [5.74, 6) is 0.159. The Bertz CT molecular complexity index is 2460. The normalized spacial score (nSPS) is 25.5. The number of benzene rings is 2. The number of amides is 1. The Hall–Kier alpha value is -4.84. The van der Waals surface area contributed by atoms with E-state index in [-0.39, 0.29) is 40.3 Å². The van der Waals surface area contributed by atoms with Crippen LogP contribution in [-0.2, 0) is 19.6 Å². The van der Waals surface area contributed by atoms with E-state index >= 15 is 0 Å². The lowest BCUT2D eigenvalue weighted by molar-refractivity contribution is -0.384. The number of nitro benzene ring substituents is 1. The van der Waals surface area contributed by atoms with Crippen LogP contribution in [0.5, 0.6) is 5.75 Å². The second-order valence-corrected chi connectivity index (χ2v) is 19.8. The lowest BCUT2D eigenvalue weighted by Gasteiger charge is -2.51. The van der Waals surface area contributed by atoms with Crippen molar-refractivity contribution in [3.8, 4) is 5.75 Å². The molecule has 17 heteroatoms. The van der Waals surface area contributed by atoms with Crippen molar-refractivity contribution in [1.29, 1.82) is 0 Å². The van der Waals surface area contributed by atoms with E-state index in [0.717, 1.165) is 69.9 Å². The first-order valence-corrected chi connectivity index (χ1v) is 23.2. The third-order valence-corrected chi connectivity index (χ3v) is 14.6. The molecule has 8 rings (SSSR count). The van der Waals surface area contributed by atoms with Gasteiger partial charge in [-0.1, -0.05) is 36.7 Å². The van der Waals surface area contributed by atoms with Crippen LogP contribution in [0.25, 0.3) is 11.0 Å². The number of aromatic amines is 1. The molecule has 2 aromatic heterocycles. The fourth-order valence-corrected chi connectivity index (χ4v) is 10.9. The molecule has 2 aromatic carbocycles. The molecule has 4 N–H and O–H groups in total. The Kier molecular flexibility index (Phi) is 12.8. The highest BCUT2D eigenvalue weighted by Gasteiger charge is 2.46. The Balaban J connectivity index is 0.973. The van der Waals surface area contributed by atoms with Crippen molar-refractivity contribution in [2.45, 2.75) is 74.8 Å². The molecule has 2 saturated heterocycles. The number of rotatable bonds is 13. The summed E-state index contributed by atoms with van der Waals surface area (Å²) in [5.41, 5.74) is 0.789. The Morgan fingerprint density at radius 3 is 2.58 bits per heavy atom. The van der Waals surface area contributed by atoms with E-state index < -0.39 is 37.0 Å². The van der Waals surface area contributed by atoms with E-state index in [1.165, 1.54) is 23.9 Å². The number of H-pyrrole nitrogens is 1. The molecule has 0 bridgehead atoms. The van der Waals surface area contributed by atoms with Crippen molar-refractivity contribution in [3.63, 3.8) is 0 Å². The van der Waals surface area contributed by atoms with Gasteiger partial charge in [0.2, 0.25) is 0 Å². The molecule has 3 fully saturated rings. The van der Waals surface area contributed by atoms with Gasteiger partial charge in [0.15, 0.2) is 0 Å². The van der Waals surface area contributed by atoms with E-state index in [1.54, 1.807) is 18.3 Å². The van der Waals surface area contributed by atoms with E-state index in [0.29, 0.717) is 49.0 Å². The minimum atomic E-state index is -4.55. The van der Waals surface area contributed by atoms with Crippen molar-refractivity contribution >= 4 is 49.9 Å². The Labute approximate surface area is 366 Å². The molecule has 2 aliphatic carbocycles. The second-order valence-electron chi connectivity index (χ2n) is 17.7. The highest BCUT2D eigenvalue weighted by molar-refractivity contribution is 7.90. The number of ether oxygens (including phenoxy) is 2. The quantitative estimate of drug-likeness (QED) is 0.0815. The van der Waals surface area contributed by atoms with Gasteiger partial charge in [-0.3, -0.25) is 19.8 Å². The molecule has 0 spiro atoms. The Morgan fingerprint density at radius 2 is 1.84 bits per heavy atom. The lowest BCUT2D eigenvalue weighted by atomic mass is 9.60. The number of nitrogens with zero attached hydrogens (tertiary/aromatic N) is 4. The number of nitro groups is 1. The number of halogens is 1. The Morgan fingerprint density at radius 1 is 1.08 bits per heavy atom. The standard InChI is InChI=1S/C45H54ClN7O8S/c1-44(28-45(2,55)15-11-38(44)31-3-5-33(46)6-4-31)29-51-17-19-52(20-18-51)34-7-9-37(41(24-34)61-35-23-32-12-16-47-42(32)49-27-35)43(54)50-62(58,59)36-8-10-39(40(25-36)53(56)57)48-26-30-13-21-60-22-14-30/h3-6,8-10,12,16,23-25,27,30,34,38,48,55H,7,11,13-15,17-22,26,28-29H2,1-2H3,(H,47,49)(H,50,54). The fraction of sp³-hybridized carbons (Fsp3) is 0.467. The van der Waals surface area contributed by atoms with Gasteiger partial charge in [0, 0.05) is 81.2 Å². The van der Waals surface area contributed by atoms with E-state index in [9.17, 15) is 28.4 Å². The molecule has 1 saturated carbocycles. The SMILES string of the molecule is CC1(O)CCC(c2ccc(Cl)cc2)C(C)(CN2CCN(C3C=C(Oc4cnc5[nH]ccc5c4)C(C(=O)NS(=O)(=O)c4ccc(NCC5CCOCC5)c([N+](=O)[O-])c4)=CC3)CC2)C1. The summed E-state index contributed by atoms with van der Waals surface area (Å²) < 4.78 is 41.3. The summed E-state index contributed by atoms with van der Waals surface area (Å²) in [6.45, 7) is 9.86. The summed E-state index contributed by atoms with van der Waals surface area (Å²) in [6.07, 6.45) is 11.2. The first kappa shape index (κ1) is 43.8. The zero-order chi connectivity index (χ0) is 43.6. The predicted octanol–water partition coefficient (Wildman–Crippen LogP) is 6.77. The maximum Gasteiger partial charge on any atom is 0.293 e. The predicted molar refractivity (Wildman–Crippen MR) is 237 cm³/mol. The number of aromatic nitrogens is 2. The van der Waals surface area contributed by atoms with Gasteiger partial charge in [-0.05, 0) is 111 Å². The molecule has 4 aliphatic rings. The first-order chi connectivity index (χ1) is 29.6. The van der Waals surface area contributed by atoms with Crippen LogP contribution in [-0.4, -0.2) is 108 Å². The highest BCUT2D eigenvalue weighted by Crippen LogP contribution is 2.51. The van der Waals surface area contributed by atoms with Gasteiger partial charge in [-0.15, -0.1) is 0 Å². The molecule has 4 heterocycles. The molecule has 0 radical (unpaired) electrons. The van der Waals surface area contributed by atoms with Gasteiger partial charge in [0.25, 0.3) is 21.6 Å². The lowest BCUT2D eigenvalue weighted by Crippen LogP contribution is -2.55. The van der Waals surface area contributed by atoms with Crippen molar-refractivity contribution < 1.29 is 32.7 Å². The average Bonchev–Trinajstić information content (AvgIpc) is 3.71. The van der Waals surface area contributed by atoms with Gasteiger partial charge < -0.3 is 29.8 Å². The molecule has 4 atom stereocenters. The minimum absolute atomic E-state index is 0.0207. The van der Waals surface area contributed by atoms with E-state index in [2.05, 4.69) is 48.9 Å². The summed E-state index contributed by atoms with van der Waals surface area (Å²) in [7, 11) is -4.55. The largest absolute Gasteiger partial charge is 0.455 e. The average molecular weight is 888 g/mol. The van der Waals surface area contributed by atoms with Crippen LogP contribution in [0, 0.1) is 21.4 Å². The number of anilines is 1. The molecular formula is C45H54ClN7O8S. The third kappa shape index (κ3) is 10.0. The summed E-state index contributed by atoms with van der Waals surface area (Å²) in [4.78, 5) is 37.3. The summed E-state index contributed by atoms with van der Waals surface area (Å²) in [6, 6.07) is 15.2. The number of piperazine rings is 1. The van der Waals surface area contributed by atoms with Gasteiger partial charge >= 0.3 is 0 Å². The van der Waals surface area contributed by atoms with Crippen molar-refractivity contribution in [2.75, 3.05) is 57.8 Å². The summed E-state index contributed by atoms with van der Waals surface area (Å²) >= 11 is 6.24.